The molecule has 4 atom stereocenters. The van der Waals surface area contributed by atoms with Gasteiger partial charge in [0.05, 0.1) is 12.2 Å². The summed E-state index contributed by atoms with van der Waals surface area (Å²) < 4.78 is 21.4. The SMILES string of the molecule is COC[C@@]1(O)CC[C@]2(F)C3=C(CC[C@@H]2C1)C1=CC=C(C(C)=O)[C@@]1(C)C=C3. The molecule has 0 bridgehead atoms. The van der Waals surface area contributed by atoms with E-state index in [4.69, 9.17) is 4.74 Å². The van der Waals surface area contributed by atoms with Gasteiger partial charge in [0, 0.05) is 24.0 Å². The van der Waals surface area contributed by atoms with Crippen molar-refractivity contribution in [2.75, 3.05) is 13.7 Å². The zero-order chi connectivity index (χ0) is 18.7. The van der Waals surface area contributed by atoms with E-state index in [1.54, 1.807) is 14.0 Å². The summed E-state index contributed by atoms with van der Waals surface area (Å²) in [7, 11) is 1.58. The van der Waals surface area contributed by atoms with Gasteiger partial charge in [-0.1, -0.05) is 24.3 Å². The molecular formula is C22H27FO3. The molecule has 4 rings (SSSR count). The van der Waals surface area contributed by atoms with E-state index in [9.17, 15) is 9.90 Å². The van der Waals surface area contributed by atoms with Crippen LogP contribution in [0.15, 0.2) is 46.6 Å². The van der Waals surface area contributed by atoms with Crippen molar-refractivity contribution in [1.82, 2.24) is 0 Å². The Morgan fingerprint density at radius 3 is 2.85 bits per heavy atom. The Kier molecular flexibility index (Phi) is 3.94. The first kappa shape index (κ1) is 17.9. The van der Waals surface area contributed by atoms with Crippen molar-refractivity contribution in [3.8, 4) is 0 Å². The summed E-state index contributed by atoms with van der Waals surface area (Å²) >= 11 is 0. The Balaban J connectivity index is 1.69. The third-order valence-electron chi connectivity index (χ3n) is 6.98. The molecule has 0 spiro atoms. The van der Waals surface area contributed by atoms with Crippen molar-refractivity contribution >= 4 is 5.78 Å². The maximum absolute atomic E-state index is 16.2. The second-order valence-electron chi connectivity index (χ2n) is 8.60. The lowest BCUT2D eigenvalue weighted by Crippen LogP contribution is -2.52. The summed E-state index contributed by atoms with van der Waals surface area (Å²) in [6, 6.07) is 0. The first-order valence-electron chi connectivity index (χ1n) is 9.51. The number of ether oxygens (including phenoxy) is 1. The van der Waals surface area contributed by atoms with E-state index in [1.807, 2.05) is 24.3 Å². The fourth-order valence-electron chi connectivity index (χ4n) is 5.63. The number of methoxy groups -OCH3 is 1. The molecule has 26 heavy (non-hydrogen) atoms. The minimum absolute atomic E-state index is 0.0680. The summed E-state index contributed by atoms with van der Waals surface area (Å²) in [4.78, 5) is 12.0. The number of ketones is 1. The monoisotopic (exact) mass is 358 g/mol. The second-order valence-corrected chi connectivity index (χ2v) is 8.60. The fourth-order valence-corrected chi connectivity index (χ4v) is 5.63. The summed E-state index contributed by atoms with van der Waals surface area (Å²) in [6.45, 7) is 3.90. The number of aliphatic hydroxyl groups is 1. The number of hydrogen-bond donors (Lipinski definition) is 1. The maximum Gasteiger partial charge on any atom is 0.157 e. The lowest BCUT2D eigenvalue weighted by molar-refractivity contribution is -0.114. The summed E-state index contributed by atoms with van der Waals surface area (Å²) in [5.74, 6) is -0.121. The normalized spacial score (nSPS) is 41.2. The van der Waals surface area contributed by atoms with Crippen molar-refractivity contribution in [2.45, 2.75) is 57.2 Å². The molecule has 140 valence electrons. The quantitative estimate of drug-likeness (QED) is 0.830. The predicted molar refractivity (Wildman–Crippen MR) is 98.4 cm³/mol. The molecule has 1 saturated carbocycles. The molecule has 4 aliphatic carbocycles. The number of alkyl halides is 1. The van der Waals surface area contributed by atoms with E-state index in [1.165, 1.54) is 0 Å². The van der Waals surface area contributed by atoms with Gasteiger partial charge in [-0.25, -0.2) is 4.39 Å². The van der Waals surface area contributed by atoms with Crippen molar-refractivity contribution in [3.63, 3.8) is 0 Å². The molecule has 1 fully saturated rings. The van der Waals surface area contributed by atoms with Gasteiger partial charge in [-0.05, 0) is 62.7 Å². The third-order valence-corrected chi connectivity index (χ3v) is 6.98. The molecule has 0 aromatic rings. The Morgan fingerprint density at radius 2 is 2.15 bits per heavy atom. The minimum Gasteiger partial charge on any atom is -0.387 e. The van der Waals surface area contributed by atoms with Gasteiger partial charge in [0.15, 0.2) is 5.78 Å². The van der Waals surface area contributed by atoms with Crippen molar-refractivity contribution in [3.05, 3.63) is 46.6 Å². The molecular weight excluding hydrogens is 331 g/mol. The Bertz CT molecular complexity index is 789. The average Bonchev–Trinajstić information content (AvgIpc) is 2.93. The van der Waals surface area contributed by atoms with Gasteiger partial charge in [-0.2, -0.15) is 0 Å². The number of Topliss-reactive ketones (excluding diaryl/α,β-unsaturated/α-hetero) is 1. The van der Waals surface area contributed by atoms with Gasteiger partial charge in [0.2, 0.25) is 0 Å². The minimum atomic E-state index is -1.40. The predicted octanol–water partition coefficient (Wildman–Crippen LogP) is 3.99. The van der Waals surface area contributed by atoms with Crippen LogP contribution in [0.1, 0.15) is 46.0 Å². The highest BCUT2D eigenvalue weighted by atomic mass is 19.1. The van der Waals surface area contributed by atoms with Crippen LogP contribution in [0, 0.1) is 11.3 Å². The van der Waals surface area contributed by atoms with Crippen LogP contribution in [0.25, 0.3) is 0 Å². The number of halogens is 1. The first-order valence-corrected chi connectivity index (χ1v) is 9.51. The molecule has 0 radical (unpaired) electrons. The molecule has 0 aliphatic heterocycles. The second kappa shape index (κ2) is 5.74. The van der Waals surface area contributed by atoms with Crippen LogP contribution in [-0.4, -0.2) is 35.9 Å². The number of hydrogen-bond acceptors (Lipinski definition) is 3. The van der Waals surface area contributed by atoms with E-state index in [-0.39, 0.29) is 18.3 Å². The van der Waals surface area contributed by atoms with Crippen LogP contribution in [0.4, 0.5) is 4.39 Å². The highest BCUT2D eigenvalue weighted by Gasteiger charge is 2.55. The highest BCUT2D eigenvalue weighted by Crippen LogP contribution is 2.58. The van der Waals surface area contributed by atoms with E-state index in [0.717, 1.165) is 35.1 Å². The molecule has 4 heteroatoms. The van der Waals surface area contributed by atoms with Crippen molar-refractivity contribution in [1.29, 1.82) is 0 Å². The standard InChI is InChI=1S/C22H27FO3/c1-14(24)17-6-7-18-16-5-4-15-12-21(25,13-26-3)10-11-22(15,23)19(16)8-9-20(17,18)2/h6-9,15,25H,4-5,10-13H2,1-3H3/t15-,20-,21-,22-/m1/s1. The van der Waals surface area contributed by atoms with Gasteiger partial charge >= 0.3 is 0 Å². The Morgan fingerprint density at radius 1 is 1.38 bits per heavy atom. The Hall–Kier alpha value is -1.52. The molecule has 0 unspecified atom stereocenters. The summed E-state index contributed by atoms with van der Waals surface area (Å²) in [6.07, 6.45) is 10.5. The highest BCUT2D eigenvalue weighted by molar-refractivity contribution is 5.98. The number of fused-ring (bicyclic) bond motifs is 4. The average molecular weight is 358 g/mol. The van der Waals surface area contributed by atoms with Gasteiger partial charge in [-0.15, -0.1) is 0 Å². The van der Waals surface area contributed by atoms with Crippen LogP contribution >= 0.6 is 0 Å². The molecule has 0 amide bonds. The molecule has 1 N–H and O–H groups in total. The summed E-state index contributed by atoms with van der Waals surface area (Å²) in [5.41, 5.74) is 0.950. The zero-order valence-corrected chi connectivity index (χ0v) is 15.8. The van der Waals surface area contributed by atoms with Crippen molar-refractivity contribution in [2.24, 2.45) is 11.3 Å². The topological polar surface area (TPSA) is 46.5 Å². The molecule has 3 nitrogen and oxygen atoms in total. The molecule has 0 aromatic carbocycles. The van der Waals surface area contributed by atoms with E-state index in [2.05, 4.69) is 6.92 Å². The lowest BCUT2D eigenvalue weighted by Gasteiger charge is -2.50. The van der Waals surface area contributed by atoms with Gasteiger partial charge in [-0.3, -0.25) is 4.79 Å². The zero-order valence-electron chi connectivity index (χ0n) is 15.8. The molecule has 0 aromatic heterocycles. The van der Waals surface area contributed by atoms with Gasteiger partial charge in [0.25, 0.3) is 0 Å². The van der Waals surface area contributed by atoms with E-state index < -0.39 is 16.7 Å². The van der Waals surface area contributed by atoms with Crippen LogP contribution in [0.3, 0.4) is 0 Å². The van der Waals surface area contributed by atoms with E-state index in [0.29, 0.717) is 19.3 Å². The van der Waals surface area contributed by atoms with Crippen molar-refractivity contribution < 1.29 is 19.0 Å². The number of rotatable bonds is 3. The van der Waals surface area contributed by atoms with Gasteiger partial charge in [0.1, 0.15) is 5.67 Å². The molecule has 4 aliphatic rings. The van der Waals surface area contributed by atoms with Crippen LogP contribution in [0.5, 0.6) is 0 Å². The summed E-state index contributed by atoms with van der Waals surface area (Å²) in [5, 5.41) is 10.7. The first-order chi connectivity index (χ1) is 12.2. The third kappa shape index (κ3) is 2.35. The number of carbonyl (C=O) groups is 1. The van der Waals surface area contributed by atoms with Crippen LogP contribution in [0.2, 0.25) is 0 Å². The molecule has 0 saturated heterocycles. The number of allylic oxidation sites excluding steroid dienone is 8. The largest absolute Gasteiger partial charge is 0.387 e. The van der Waals surface area contributed by atoms with Crippen LogP contribution < -0.4 is 0 Å². The molecule has 0 heterocycles. The van der Waals surface area contributed by atoms with E-state index >= 15 is 4.39 Å². The lowest BCUT2D eigenvalue weighted by atomic mass is 9.58. The fraction of sp³-hybridized carbons (Fsp3) is 0.591. The number of carbonyl (C=O) groups excluding carboxylic acids is 1. The Labute approximate surface area is 154 Å². The van der Waals surface area contributed by atoms with Crippen LogP contribution in [-0.2, 0) is 9.53 Å². The smallest absolute Gasteiger partial charge is 0.157 e. The van der Waals surface area contributed by atoms with Gasteiger partial charge < -0.3 is 9.84 Å². The maximum atomic E-state index is 16.2.